The molecule has 4 heteroatoms. The lowest BCUT2D eigenvalue weighted by Crippen LogP contribution is -1.97. The van der Waals surface area contributed by atoms with Crippen molar-refractivity contribution in [2.75, 3.05) is 11.9 Å². The van der Waals surface area contributed by atoms with E-state index in [0.717, 1.165) is 36.2 Å². The third-order valence-corrected chi connectivity index (χ3v) is 3.75. The van der Waals surface area contributed by atoms with Crippen molar-refractivity contribution in [1.29, 1.82) is 0 Å². The van der Waals surface area contributed by atoms with Crippen molar-refractivity contribution in [2.24, 2.45) is 0 Å². The molecule has 0 fully saturated rings. The van der Waals surface area contributed by atoms with Crippen LogP contribution in [0.2, 0.25) is 0 Å². The van der Waals surface area contributed by atoms with Crippen LogP contribution in [0.5, 0.6) is 5.75 Å². The predicted molar refractivity (Wildman–Crippen MR) is 86.5 cm³/mol. The minimum atomic E-state index is 0.792. The number of benzene rings is 1. The molecule has 0 amide bonds. The Balaban J connectivity index is 1.86. The molecule has 2 rings (SSSR count). The molecule has 0 radical (unpaired) electrons. The summed E-state index contributed by atoms with van der Waals surface area (Å²) in [6.07, 6.45) is 7.50. The van der Waals surface area contributed by atoms with Gasteiger partial charge in [0.15, 0.2) is 0 Å². The minimum absolute atomic E-state index is 0.792. The van der Waals surface area contributed by atoms with E-state index in [-0.39, 0.29) is 0 Å². The van der Waals surface area contributed by atoms with Crippen molar-refractivity contribution in [2.45, 2.75) is 32.7 Å². The number of aryl methyl sites for hydroxylation is 1. The second-order valence-corrected chi connectivity index (χ2v) is 5.50. The molecule has 0 spiro atoms. The Bertz CT molecular complexity index is 507. The van der Waals surface area contributed by atoms with Crippen molar-refractivity contribution < 1.29 is 4.74 Å². The lowest BCUT2D eigenvalue weighted by molar-refractivity contribution is 0.306. The molecule has 0 aliphatic carbocycles. The molecule has 3 nitrogen and oxygen atoms in total. The monoisotopic (exact) mass is 336 g/mol. The van der Waals surface area contributed by atoms with Gasteiger partial charge in [0.05, 0.1) is 12.8 Å². The van der Waals surface area contributed by atoms with Gasteiger partial charge in [-0.3, -0.25) is 4.68 Å². The van der Waals surface area contributed by atoms with E-state index in [4.69, 9.17) is 4.74 Å². The average molecular weight is 337 g/mol. The number of rotatable bonds is 8. The lowest BCUT2D eigenvalue weighted by atomic mass is 10.1. The number of aromatic nitrogens is 2. The highest BCUT2D eigenvalue weighted by molar-refractivity contribution is 9.09. The summed E-state index contributed by atoms with van der Waals surface area (Å²) < 4.78 is 7.67. The van der Waals surface area contributed by atoms with Gasteiger partial charge >= 0.3 is 0 Å². The summed E-state index contributed by atoms with van der Waals surface area (Å²) in [6, 6.07) is 8.24. The van der Waals surface area contributed by atoms with Gasteiger partial charge in [-0.05, 0) is 43.9 Å². The largest absolute Gasteiger partial charge is 0.494 e. The van der Waals surface area contributed by atoms with Crippen molar-refractivity contribution in [3.8, 4) is 16.9 Å². The maximum atomic E-state index is 5.73. The fraction of sp³-hybridized carbons (Fsp3) is 0.438. The van der Waals surface area contributed by atoms with E-state index in [1.165, 1.54) is 18.4 Å². The fourth-order valence-electron chi connectivity index (χ4n) is 1.99. The van der Waals surface area contributed by atoms with Crippen molar-refractivity contribution in [3.63, 3.8) is 0 Å². The van der Waals surface area contributed by atoms with Crippen LogP contribution < -0.4 is 4.74 Å². The number of hydrogen-bond acceptors (Lipinski definition) is 2. The van der Waals surface area contributed by atoms with E-state index in [1.54, 1.807) is 0 Å². The molecular formula is C16H21BrN2O. The van der Waals surface area contributed by atoms with Gasteiger partial charge in [0.1, 0.15) is 5.75 Å². The molecule has 0 aliphatic rings. The summed E-state index contributed by atoms with van der Waals surface area (Å²) in [7, 11) is 0. The zero-order valence-corrected chi connectivity index (χ0v) is 13.5. The summed E-state index contributed by atoms with van der Waals surface area (Å²) in [5.74, 6) is 0.940. The van der Waals surface area contributed by atoms with E-state index < -0.39 is 0 Å². The van der Waals surface area contributed by atoms with Crippen LogP contribution in [0.3, 0.4) is 0 Å². The SMILES string of the molecule is CCn1cc(-c2ccc(OCCCCCBr)cc2)cn1. The van der Waals surface area contributed by atoms with Crippen LogP contribution in [0.25, 0.3) is 11.1 Å². The van der Waals surface area contributed by atoms with Crippen LogP contribution in [0, 0.1) is 0 Å². The summed E-state index contributed by atoms with van der Waals surface area (Å²) in [6.45, 7) is 3.78. The van der Waals surface area contributed by atoms with Gasteiger partial charge in [-0.2, -0.15) is 5.10 Å². The molecule has 0 bridgehead atoms. The van der Waals surface area contributed by atoms with E-state index in [0.29, 0.717) is 0 Å². The maximum absolute atomic E-state index is 5.73. The Morgan fingerprint density at radius 3 is 2.55 bits per heavy atom. The fourth-order valence-corrected chi connectivity index (χ4v) is 2.39. The van der Waals surface area contributed by atoms with Gasteiger partial charge in [-0.1, -0.05) is 28.1 Å². The smallest absolute Gasteiger partial charge is 0.119 e. The number of alkyl halides is 1. The van der Waals surface area contributed by atoms with Gasteiger partial charge in [0.2, 0.25) is 0 Å². The molecule has 0 aliphatic heterocycles. The van der Waals surface area contributed by atoms with Gasteiger partial charge < -0.3 is 4.74 Å². The molecule has 2 aromatic rings. The highest BCUT2D eigenvalue weighted by Gasteiger charge is 2.01. The summed E-state index contributed by atoms with van der Waals surface area (Å²) in [5.41, 5.74) is 2.33. The first-order chi connectivity index (χ1) is 9.83. The molecule has 0 unspecified atom stereocenters. The number of hydrogen-bond donors (Lipinski definition) is 0. The Morgan fingerprint density at radius 1 is 1.10 bits per heavy atom. The maximum Gasteiger partial charge on any atom is 0.119 e. The molecule has 1 aromatic heterocycles. The van der Waals surface area contributed by atoms with Crippen LogP contribution in [0.1, 0.15) is 26.2 Å². The van der Waals surface area contributed by atoms with E-state index in [1.807, 2.05) is 23.0 Å². The Kier molecular flexibility index (Phi) is 6.12. The first kappa shape index (κ1) is 15.1. The van der Waals surface area contributed by atoms with Crippen LogP contribution in [-0.2, 0) is 6.54 Å². The number of unbranched alkanes of at least 4 members (excludes halogenated alkanes) is 2. The molecule has 0 atom stereocenters. The summed E-state index contributed by atoms with van der Waals surface area (Å²) in [4.78, 5) is 0. The van der Waals surface area contributed by atoms with E-state index in [9.17, 15) is 0 Å². The molecule has 1 aromatic carbocycles. The topological polar surface area (TPSA) is 27.1 Å². The third-order valence-electron chi connectivity index (χ3n) is 3.19. The molecule has 0 saturated heterocycles. The minimum Gasteiger partial charge on any atom is -0.494 e. The Labute approximate surface area is 129 Å². The normalized spacial score (nSPS) is 10.7. The predicted octanol–water partition coefficient (Wildman–Crippen LogP) is 4.51. The molecule has 1 heterocycles. The van der Waals surface area contributed by atoms with Crippen molar-refractivity contribution in [3.05, 3.63) is 36.7 Å². The zero-order chi connectivity index (χ0) is 14.2. The standard InChI is InChI=1S/C16H21BrN2O/c1-2-19-13-15(12-18-19)14-6-8-16(9-7-14)20-11-5-3-4-10-17/h6-9,12-13H,2-5,10-11H2,1H3. The molecule has 0 N–H and O–H groups in total. The van der Waals surface area contributed by atoms with Crippen LogP contribution >= 0.6 is 15.9 Å². The van der Waals surface area contributed by atoms with Crippen LogP contribution in [-0.4, -0.2) is 21.7 Å². The van der Waals surface area contributed by atoms with E-state index in [2.05, 4.69) is 46.3 Å². The summed E-state index contributed by atoms with van der Waals surface area (Å²) in [5, 5.41) is 5.37. The van der Waals surface area contributed by atoms with Gasteiger partial charge in [0, 0.05) is 23.6 Å². The zero-order valence-electron chi connectivity index (χ0n) is 11.9. The molecule has 0 saturated carbocycles. The summed E-state index contributed by atoms with van der Waals surface area (Å²) >= 11 is 3.44. The third kappa shape index (κ3) is 4.37. The van der Waals surface area contributed by atoms with Crippen molar-refractivity contribution in [1.82, 2.24) is 9.78 Å². The first-order valence-corrected chi connectivity index (χ1v) is 8.27. The quantitative estimate of drug-likeness (QED) is 0.523. The molecule has 108 valence electrons. The van der Waals surface area contributed by atoms with Gasteiger partial charge in [-0.15, -0.1) is 0 Å². The van der Waals surface area contributed by atoms with Crippen LogP contribution in [0.15, 0.2) is 36.7 Å². The number of nitrogens with zero attached hydrogens (tertiary/aromatic N) is 2. The first-order valence-electron chi connectivity index (χ1n) is 7.15. The van der Waals surface area contributed by atoms with Crippen LogP contribution in [0.4, 0.5) is 0 Å². The second-order valence-electron chi connectivity index (χ2n) is 4.71. The highest BCUT2D eigenvalue weighted by Crippen LogP contribution is 2.22. The van der Waals surface area contributed by atoms with Gasteiger partial charge in [-0.25, -0.2) is 0 Å². The second kappa shape index (κ2) is 8.10. The Hall–Kier alpha value is -1.29. The number of halogens is 1. The molecular weight excluding hydrogens is 316 g/mol. The molecule has 20 heavy (non-hydrogen) atoms. The lowest BCUT2D eigenvalue weighted by Gasteiger charge is -2.06. The number of ether oxygens (including phenoxy) is 1. The highest BCUT2D eigenvalue weighted by atomic mass is 79.9. The Morgan fingerprint density at radius 2 is 1.90 bits per heavy atom. The average Bonchev–Trinajstić information content (AvgIpc) is 2.97. The van der Waals surface area contributed by atoms with E-state index >= 15 is 0 Å². The van der Waals surface area contributed by atoms with Crippen molar-refractivity contribution >= 4 is 15.9 Å². The van der Waals surface area contributed by atoms with Gasteiger partial charge in [0.25, 0.3) is 0 Å².